The molecular weight excluding hydrogens is 334 g/mol. The van der Waals surface area contributed by atoms with Gasteiger partial charge in [0.25, 0.3) is 11.8 Å². The quantitative estimate of drug-likeness (QED) is 0.411. The van der Waals surface area contributed by atoms with E-state index in [9.17, 15) is 14.4 Å². The van der Waals surface area contributed by atoms with Crippen LogP contribution in [0.3, 0.4) is 0 Å². The van der Waals surface area contributed by atoms with Crippen LogP contribution in [0.15, 0.2) is 65.5 Å². The maximum Gasteiger partial charge on any atom is 0.266 e. The smallest absolute Gasteiger partial charge is 0.266 e. The lowest BCUT2D eigenvalue weighted by Crippen LogP contribution is -2.47. The number of fused-ring (bicyclic) bond motifs is 1. The van der Waals surface area contributed by atoms with Gasteiger partial charge in [-0.3, -0.25) is 19.6 Å². The summed E-state index contributed by atoms with van der Waals surface area (Å²) in [6, 6.07) is 15.9. The second-order valence-electron chi connectivity index (χ2n) is 5.78. The molecular formula is C19H17N3O4. The molecule has 0 saturated carbocycles. The molecule has 7 nitrogen and oxygen atoms in total. The van der Waals surface area contributed by atoms with Gasteiger partial charge < -0.3 is 10.3 Å². The number of amides is 2. The Kier molecular flexibility index (Phi) is 5.09. The second-order valence-corrected chi connectivity index (χ2v) is 5.78. The average Bonchev–Trinajstić information content (AvgIpc) is 2.67. The number of aromatic amines is 1. The Balaban J connectivity index is 1.91. The van der Waals surface area contributed by atoms with Crippen LogP contribution in [0.5, 0.6) is 0 Å². The predicted octanol–water partition coefficient (Wildman–Crippen LogP) is 1.37. The summed E-state index contributed by atoms with van der Waals surface area (Å²) < 4.78 is 0. The number of carbonyl (C=O) groups is 2. The molecule has 2 aromatic carbocycles. The Morgan fingerprint density at radius 3 is 2.46 bits per heavy atom. The third-order valence-electron chi connectivity index (χ3n) is 4.03. The molecule has 4 N–H and O–H groups in total. The van der Waals surface area contributed by atoms with Crippen LogP contribution < -0.4 is 16.4 Å². The van der Waals surface area contributed by atoms with Gasteiger partial charge in [-0.25, -0.2) is 5.48 Å². The molecule has 132 valence electrons. The average molecular weight is 351 g/mol. The summed E-state index contributed by atoms with van der Waals surface area (Å²) in [5.41, 5.74) is 2.87. The second kappa shape index (κ2) is 7.62. The number of aromatic nitrogens is 1. The first-order chi connectivity index (χ1) is 12.6. The highest BCUT2D eigenvalue weighted by molar-refractivity contribution is 5.97. The van der Waals surface area contributed by atoms with E-state index >= 15 is 0 Å². The van der Waals surface area contributed by atoms with Gasteiger partial charge >= 0.3 is 0 Å². The zero-order valence-electron chi connectivity index (χ0n) is 13.7. The lowest BCUT2D eigenvalue weighted by atomic mass is 10.0. The third kappa shape index (κ3) is 3.79. The Morgan fingerprint density at radius 2 is 1.73 bits per heavy atom. The minimum atomic E-state index is -1.04. The molecule has 3 aromatic rings. The molecule has 1 heterocycles. The normalized spacial score (nSPS) is 11.7. The first-order valence-electron chi connectivity index (χ1n) is 7.99. The summed E-state index contributed by atoms with van der Waals surface area (Å²) in [5.74, 6) is -1.22. The fourth-order valence-electron chi connectivity index (χ4n) is 2.78. The molecule has 0 aliphatic carbocycles. The lowest BCUT2D eigenvalue weighted by molar-refractivity contribution is -0.131. The van der Waals surface area contributed by atoms with E-state index in [-0.39, 0.29) is 12.0 Å². The largest absolute Gasteiger partial charge is 0.340 e. The predicted molar refractivity (Wildman–Crippen MR) is 95.9 cm³/mol. The van der Waals surface area contributed by atoms with Gasteiger partial charge in [0.05, 0.1) is 0 Å². The number of benzene rings is 2. The van der Waals surface area contributed by atoms with Crippen LogP contribution in [0.4, 0.5) is 0 Å². The molecule has 0 saturated heterocycles. The number of nitrogens with one attached hydrogen (secondary N) is 3. The number of rotatable bonds is 5. The minimum absolute atomic E-state index is 0.0510. The van der Waals surface area contributed by atoms with Crippen LogP contribution in [0.25, 0.3) is 10.9 Å². The van der Waals surface area contributed by atoms with E-state index in [2.05, 4.69) is 10.3 Å². The molecule has 26 heavy (non-hydrogen) atoms. The Bertz CT molecular complexity index is 998. The number of carbonyl (C=O) groups excluding carboxylic acids is 2. The zero-order valence-corrected chi connectivity index (χ0v) is 13.7. The molecule has 0 bridgehead atoms. The maximum atomic E-state index is 12.4. The molecule has 1 aromatic heterocycles. The van der Waals surface area contributed by atoms with Crippen molar-refractivity contribution in [1.82, 2.24) is 15.8 Å². The van der Waals surface area contributed by atoms with Gasteiger partial charge in [-0.1, -0.05) is 36.4 Å². The van der Waals surface area contributed by atoms with Crippen molar-refractivity contribution in [3.63, 3.8) is 0 Å². The van der Waals surface area contributed by atoms with Gasteiger partial charge in [-0.15, -0.1) is 0 Å². The molecule has 1 atom stereocenters. The van der Waals surface area contributed by atoms with Gasteiger partial charge in [0.15, 0.2) is 0 Å². The van der Waals surface area contributed by atoms with Crippen LogP contribution in [0, 0.1) is 0 Å². The topological polar surface area (TPSA) is 111 Å². The highest BCUT2D eigenvalue weighted by Gasteiger charge is 2.22. The van der Waals surface area contributed by atoms with Crippen LogP contribution >= 0.6 is 0 Å². The Labute approximate surface area is 148 Å². The van der Waals surface area contributed by atoms with Gasteiger partial charge in [-0.05, 0) is 23.8 Å². The van der Waals surface area contributed by atoms with Crippen molar-refractivity contribution in [3.8, 4) is 0 Å². The van der Waals surface area contributed by atoms with Crippen LogP contribution in [-0.2, 0) is 11.2 Å². The first-order valence-corrected chi connectivity index (χ1v) is 7.99. The summed E-state index contributed by atoms with van der Waals surface area (Å²) in [5, 5.41) is 12.4. The Hall–Kier alpha value is -3.45. The van der Waals surface area contributed by atoms with E-state index in [0.29, 0.717) is 16.6 Å². The van der Waals surface area contributed by atoms with E-state index in [1.807, 2.05) is 12.1 Å². The Morgan fingerprint density at radius 1 is 1.04 bits per heavy atom. The fourth-order valence-corrected chi connectivity index (χ4v) is 2.78. The summed E-state index contributed by atoms with van der Waals surface area (Å²) >= 11 is 0. The van der Waals surface area contributed by atoms with Gasteiger partial charge in [0.1, 0.15) is 6.04 Å². The number of H-pyrrole nitrogens is 1. The summed E-state index contributed by atoms with van der Waals surface area (Å²) in [7, 11) is 0. The van der Waals surface area contributed by atoms with Crippen molar-refractivity contribution in [3.05, 3.63) is 82.1 Å². The van der Waals surface area contributed by atoms with Crippen LogP contribution in [0.2, 0.25) is 0 Å². The molecule has 1 unspecified atom stereocenters. The van der Waals surface area contributed by atoms with Gasteiger partial charge in [0, 0.05) is 29.0 Å². The van der Waals surface area contributed by atoms with Gasteiger partial charge in [0.2, 0.25) is 5.56 Å². The number of hydrogen-bond donors (Lipinski definition) is 4. The first kappa shape index (κ1) is 17.4. The fraction of sp³-hybridized carbons (Fsp3) is 0.105. The molecule has 7 heteroatoms. The van der Waals surface area contributed by atoms with Crippen molar-refractivity contribution in [1.29, 1.82) is 0 Å². The van der Waals surface area contributed by atoms with Gasteiger partial charge in [-0.2, -0.15) is 0 Å². The number of pyridine rings is 1. The molecule has 0 aliphatic heterocycles. The van der Waals surface area contributed by atoms with Crippen molar-refractivity contribution < 1.29 is 14.8 Å². The highest BCUT2D eigenvalue weighted by Crippen LogP contribution is 2.16. The molecule has 0 fully saturated rings. The van der Waals surface area contributed by atoms with E-state index in [0.717, 1.165) is 5.39 Å². The van der Waals surface area contributed by atoms with Crippen molar-refractivity contribution >= 4 is 22.7 Å². The van der Waals surface area contributed by atoms with E-state index in [1.165, 1.54) is 6.07 Å². The number of hydroxylamine groups is 1. The summed E-state index contributed by atoms with van der Waals surface area (Å²) in [6.07, 6.45) is 0.0510. The standard InChI is InChI=1S/C19H17N3O4/c23-17-11-13(14-8-4-5-9-15(14)20-17)10-16(19(25)22-26)21-18(24)12-6-2-1-3-7-12/h1-9,11,16,26H,10H2,(H,20,23)(H,21,24)(H,22,25). The molecule has 3 rings (SSSR count). The van der Waals surface area contributed by atoms with Crippen molar-refractivity contribution in [2.75, 3.05) is 0 Å². The zero-order chi connectivity index (χ0) is 18.5. The molecule has 0 spiro atoms. The minimum Gasteiger partial charge on any atom is -0.340 e. The van der Waals surface area contributed by atoms with Crippen LogP contribution in [-0.4, -0.2) is 28.0 Å². The van der Waals surface area contributed by atoms with Crippen molar-refractivity contribution in [2.45, 2.75) is 12.5 Å². The summed E-state index contributed by atoms with van der Waals surface area (Å²) in [4.78, 5) is 39.0. The summed E-state index contributed by atoms with van der Waals surface area (Å²) in [6.45, 7) is 0. The highest BCUT2D eigenvalue weighted by atomic mass is 16.5. The number of para-hydroxylation sites is 1. The van der Waals surface area contributed by atoms with E-state index in [1.54, 1.807) is 47.9 Å². The number of hydrogen-bond acceptors (Lipinski definition) is 4. The molecule has 0 aliphatic rings. The molecule has 0 radical (unpaired) electrons. The third-order valence-corrected chi connectivity index (χ3v) is 4.03. The maximum absolute atomic E-state index is 12.4. The monoisotopic (exact) mass is 351 g/mol. The van der Waals surface area contributed by atoms with E-state index < -0.39 is 17.9 Å². The SMILES string of the molecule is O=C(NC(Cc1cc(=O)[nH]c2ccccc12)C(=O)NO)c1ccccc1. The van der Waals surface area contributed by atoms with E-state index in [4.69, 9.17) is 5.21 Å². The molecule has 2 amide bonds. The lowest BCUT2D eigenvalue weighted by Gasteiger charge is -2.18. The van der Waals surface area contributed by atoms with Crippen LogP contribution in [0.1, 0.15) is 15.9 Å². The van der Waals surface area contributed by atoms with Crippen molar-refractivity contribution in [2.24, 2.45) is 0 Å².